The molecule has 0 rings (SSSR count). The number of rotatable bonds is 4. The van der Waals surface area contributed by atoms with E-state index in [1.807, 2.05) is 19.9 Å². The van der Waals surface area contributed by atoms with Gasteiger partial charge >= 0.3 is 0 Å². The van der Waals surface area contributed by atoms with Gasteiger partial charge in [0, 0.05) is 6.20 Å². The molecule has 0 aliphatic rings. The molecule has 66 valence electrons. The Hall–Kier alpha value is -1.45. The van der Waals surface area contributed by atoms with E-state index < -0.39 is 5.91 Å². The zero-order valence-electron chi connectivity index (χ0n) is 7.24. The maximum atomic E-state index is 10.6. The number of carbonyl (C=O) groups excluding carboxylic acids is 1. The SMILES string of the molecule is CC(C)/C=C/N=CC(=O)NC=N. The summed E-state index contributed by atoms with van der Waals surface area (Å²) >= 11 is 0. The normalized spacial score (nSPS) is 11.2. The minimum absolute atomic E-state index is 0.390. The first-order valence-corrected chi connectivity index (χ1v) is 3.66. The van der Waals surface area contributed by atoms with Crippen LogP contribution in [-0.2, 0) is 4.79 Å². The van der Waals surface area contributed by atoms with Gasteiger partial charge in [-0.3, -0.25) is 15.2 Å². The van der Waals surface area contributed by atoms with Gasteiger partial charge in [0.25, 0.3) is 5.91 Å². The molecule has 0 radical (unpaired) electrons. The monoisotopic (exact) mass is 167 g/mol. The molecule has 0 spiro atoms. The van der Waals surface area contributed by atoms with Crippen LogP contribution < -0.4 is 5.32 Å². The van der Waals surface area contributed by atoms with E-state index in [1.165, 1.54) is 0 Å². The summed E-state index contributed by atoms with van der Waals surface area (Å²) in [5.74, 6) is 0.0337. The number of allylic oxidation sites excluding steroid dienone is 1. The lowest BCUT2D eigenvalue weighted by atomic mass is 10.2. The highest BCUT2D eigenvalue weighted by Crippen LogP contribution is 1.92. The number of amides is 1. The minimum Gasteiger partial charge on any atom is -0.312 e. The molecule has 0 aliphatic heterocycles. The third-order valence-corrected chi connectivity index (χ3v) is 0.963. The van der Waals surface area contributed by atoms with E-state index in [0.29, 0.717) is 5.92 Å². The molecule has 0 bridgehead atoms. The van der Waals surface area contributed by atoms with Crippen LogP contribution in [0.5, 0.6) is 0 Å². The summed E-state index contributed by atoms with van der Waals surface area (Å²) in [4.78, 5) is 14.4. The summed E-state index contributed by atoms with van der Waals surface area (Å²) < 4.78 is 0. The second-order valence-electron chi connectivity index (χ2n) is 2.52. The van der Waals surface area contributed by atoms with Crippen molar-refractivity contribution >= 4 is 18.5 Å². The third kappa shape index (κ3) is 6.67. The van der Waals surface area contributed by atoms with Crippen molar-refractivity contribution in [1.82, 2.24) is 5.32 Å². The van der Waals surface area contributed by atoms with Gasteiger partial charge in [0.2, 0.25) is 0 Å². The van der Waals surface area contributed by atoms with Crippen LogP contribution in [0.15, 0.2) is 17.3 Å². The Morgan fingerprint density at radius 3 is 2.75 bits per heavy atom. The van der Waals surface area contributed by atoms with Crippen molar-refractivity contribution in [3.63, 3.8) is 0 Å². The molecule has 0 aromatic rings. The van der Waals surface area contributed by atoms with Gasteiger partial charge in [-0.2, -0.15) is 0 Å². The molecular formula is C8H13N3O. The average molecular weight is 167 g/mol. The van der Waals surface area contributed by atoms with Crippen molar-refractivity contribution in [1.29, 1.82) is 5.41 Å². The predicted octanol–water partition coefficient (Wildman–Crippen LogP) is 0.950. The number of hydrogen-bond acceptors (Lipinski definition) is 3. The minimum atomic E-state index is -0.390. The number of carbonyl (C=O) groups is 1. The van der Waals surface area contributed by atoms with Crippen LogP contribution >= 0.6 is 0 Å². The van der Waals surface area contributed by atoms with E-state index in [0.717, 1.165) is 12.6 Å². The van der Waals surface area contributed by atoms with Crippen LogP contribution in [0, 0.1) is 11.3 Å². The van der Waals surface area contributed by atoms with Crippen molar-refractivity contribution in [3.05, 3.63) is 12.3 Å². The Balaban J connectivity index is 3.75. The van der Waals surface area contributed by atoms with E-state index in [9.17, 15) is 4.79 Å². The van der Waals surface area contributed by atoms with Crippen LogP contribution in [-0.4, -0.2) is 18.5 Å². The Kier molecular flexibility index (Phi) is 5.51. The molecule has 0 aromatic heterocycles. The third-order valence-electron chi connectivity index (χ3n) is 0.963. The summed E-state index contributed by atoms with van der Waals surface area (Å²) in [7, 11) is 0. The lowest BCUT2D eigenvalue weighted by Gasteiger charge is -1.89. The molecule has 0 atom stereocenters. The predicted molar refractivity (Wildman–Crippen MR) is 49.4 cm³/mol. The smallest absolute Gasteiger partial charge is 0.267 e. The van der Waals surface area contributed by atoms with E-state index >= 15 is 0 Å². The van der Waals surface area contributed by atoms with Crippen molar-refractivity contribution in [2.24, 2.45) is 10.9 Å². The highest BCUT2D eigenvalue weighted by Gasteiger charge is 1.88. The van der Waals surface area contributed by atoms with Crippen LogP contribution in [0.25, 0.3) is 0 Å². The van der Waals surface area contributed by atoms with Gasteiger partial charge in [0.1, 0.15) is 0 Å². The maximum absolute atomic E-state index is 10.6. The zero-order chi connectivity index (χ0) is 9.40. The van der Waals surface area contributed by atoms with E-state index in [1.54, 1.807) is 6.20 Å². The molecular weight excluding hydrogens is 154 g/mol. The fourth-order valence-corrected chi connectivity index (χ4v) is 0.441. The molecule has 0 saturated carbocycles. The summed E-state index contributed by atoms with van der Waals surface area (Å²) in [5.41, 5.74) is 0. The summed E-state index contributed by atoms with van der Waals surface area (Å²) in [6.07, 6.45) is 5.38. The van der Waals surface area contributed by atoms with E-state index in [2.05, 4.69) is 10.3 Å². The molecule has 0 unspecified atom stereocenters. The van der Waals surface area contributed by atoms with Gasteiger partial charge in [-0.25, -0.2) is 0 Å². The Bertz CT molecular complexity index is 206. The van der Waals surface area contributed by atoms with Gasteiger partial charge in [-0.15, -0.1) is 0 Å². The second kappa shape index (κ2) is 6.27. The molecule has 0 heterocycles. The number of nitrogens with one attached hydrogen (secondary N) is 2. The lowest BCUT2D eigenvalue weighted by Crippen LogP contribution is -2.21. The average Bonchev–Trinajstić information content (AvgIpc) is 1.98. The van der Waals surface area contributed by atoms with Crippen LogP contribution in [0.2, 0.25) is 0 Å². The Morgan fingerprint density at radius 1 is 1.58 bits per heavy atom. The van der Waals surface area contributed by atoms with Crippen molar-refractivity contribution in [2.45, 2.75) is 13.8 Å². The Morgan fingerprint density at radius 2 is 2.25 bits per heavy atom. The first-order valence-electron chi connectivity index (χ1n) is 3.66. The molecule has 0 aliphatic carbocycles. The highest BCUT2D eigenvalue weighted by atomic mass is 16.1. The van der Waals surface area contributed by atoms with Gasteiger partial charge < -0.3 is 5.32 Å². The van der Waals surface area contributed by atoms with Crippen molar-refractivity contribution in [2.75, 3.05) is 0 Å². The van der Waals surface area contributed by atoms with Gasteiger partial charge in [0.05, 0.1) is 12.6 Å². The lowest BCUT2D eigenvalue weighted by molar-refractivity contribution is -0.113. The molecule has 2 N–H and O–H groups in total. The number of hydrogen-bond donors (Lipinski definition) is 2. The fraction of sp³-hybridized carbons (Fsp3) is 0.375. The molecule has 4 nitrogen and oxygen atoms in total. The largest absolute Gasteiger partial charge is 0.312 e. The first kappa shape index (κ1) is 10.6. The Labute approximate surface area is 71.9 Å². The van der Waals surface area contributed by atoms with Crippen molar-refractivity contribution in [3.8, 4) is 0 Å². The maximum Gasteiger partial charge on any atom is 0.267 e. The molecule has 0 aromatic carbocycles. The molecule has 4 heteroatoms. The summed E-state index contributed by atoms with van der Waals surface area (Å²) in [5, 5.41) is 8.70. The molecule has 12 heavy (non-hydrogen) atoms. The second-order valence-corrected chi connectivity index (χ2v) is 2.52. The van der Waals surface area contributed by atoms with E-state index in [-0.39, 0.29) is 0 Å². The van der Waals surface area contributed by atoms with Gasteiger partial charge in [0.15, 0.2) is 0 Å². The molecule has 1 amide bonds. The van der Waals surface area contributed by atoms with Crippen molar-refractivity contribution < 1.29 is 4.79 Å². The molecule has 0 fully saturated rings. The van der Waals surface area contributed by atoms with Crippen LogP contribution in [0.3, 0.4) is 0 Å². The van der Waals surface area contributed by atoms with Gasteiger partial charge in [-0.1, -0.05) is 19.9 Å². The highest BCUT2D eigenvalue weighted by molar-refractivity contribution is 6.28. The summed E-state index contributed by atoms with van der Waals surface area (Å²) in [6.45, 7) is 4.04. The van der Waals surface area contributed by atoms with Gasteiger partial charge in [-0.05, 0) is 5.92 Å². The standard InChI is InChI=1S/C8H13N3O/c1-7(2)3-4-10-5-8(12)11-6-9/h3-7H,1-2H3,(H2,9,11,12)/b4-3+,10-5?. The van der Waals surface area contributed by atoms with E-state index in [4.69, 9.17) is 5.41 Å². The first-order chi connectivity index (χ1) is 5.66. The van der Waals surface area contributed by atoms with Crippen LogP contribution in [0.1, 0.15) is 13.8 Å². The van der Waals surface area contributed by atoms with Crippen LogP contribution in [0.4, 0.5) is 0 Å². The zero-order valence-corrected chi connectivity index (χ0v) is 7.24. The number of aliphatic imine (C=N–C) groups is 1. The quantitative estimate of drug-likeness (QED) is 0.475. The fourth-order valence-electron chi connectivity index (χ4n) is 0.441. The topological polar surface area (TPSA) is 65.3 Å². The number of nitrogens with zero attached hydrogens (tertiary/aromatic N) is 1. The summed E-state index contributed by atoms with van der Waals surface area (Å²) in [6, 6.07) is 0. The molecule has 0 saturated heterocycles.